The molecule has 22 nitrogen and oxygen atoms in total. The van der Waals surface area contributed by atoms with Crippen LogP contribution in [-0.2, 0) is 7.05 Å². The van der Waals surface area contributed by atoms with Gasteiger partial charge in [-0.05, 0) is 149 Å². The quantitative estimate of drug-likeness (QED) is 0.136. The number of hydrogen-bond donors (Lipinski definition) is 0. The van der Waals surface area contributed by atoms with Gasteiger partial charge < -0.3 is 31.1 Å². The van der Waals surface area contributed by atoms with Crippen LogP contribution in [-0.4, -0.2) is 74.5 Å². The molecule has 0 amide bonds. The number of nitrogens with zero attached hydrogens (tertiary/aromatic N) is 15. The van der Waals surface area contributed by atoms with E-state index in [-0.39, 0.29) is 0 Å². The van der Waals surface area contributed by atoms with Gasteiger partial charge in [0.2, 0.25) is 0 Å². The third kappa shape index (κ3) is 102. The fourth-order valence-corrected chi connectivity index (χ4v) is 9.05. The topological polar surface area (TPSA) is 277 Å². The van der Waals surface area contributed by atoms with Crippen LogP contribution >= 0.6 is 56.9 Å². The second kappa shape index (κ2) is 105. The van der Waals surface area contributed by atoms with Crippen molar-refractivity contribution in [3.63, 3.8) is 0 Å². The molecule has 27 heteroatoms. The Morgan fingerprint density at radius 2 is 0.655 bits per heavy atom. The summed E-state index contributed by atoms with van der Waals surface area (Å²) in [5, 5.41) is 23.2. The first kappa shape index (κ1) is 137. The molecular formula is C89H167N15O7S5. The zero-order valence-corrected chi connectivity index (χ0v) is 86.8. The van der Waals surface area contributed by atoms with Gasteiger partial charge in [0.1, 0.15) is 41.8 Å². The molecule has 0 aliphatic carbocycles. The summed E-state index contributed by atoms with van der Waals surface area (Å²) in [7, 11) is 1.85. The van der Waals surface area contributed by atoms with Crippen LogP contribution in [0.4, 0.5) is 0 Å². The van der Waals surface area contributed by atoms with E-state index in [0.29, 0.717) is 0 Å². The van der Waals surface area contributed by atoms with Crippen LogP contribution in [0.1, 0.15) is 313 Å². The lowest BCUT2D eigenvalue weighted by Gasteiger charge is -1.75. The molecule has 0 atom stereocenters. The van der Waals surface area contributed by atoms with Crippen molar-refractivity contribution in [1.29, 1.82) is 0 Å². The monoisotopic (exact) mass is 1720 g/mol. The maximum absolute atomic E-state index is 4.97. The molecule has 0 radical (unpaired) electrons. The van der Waals surface area contributed by atoms with Crippen LogP contribution in [0.3, 0.4) is 0 Å². The first-order valence-corrected chi connectivity index (χ1v) is 45.0. The Bertz CT molecular complexity index is 2820. The van der Waals surface area contributed by atoms with E-state index >= 15 is 0 Å². The molecule has 0 spiro atoms. The summed E-state index contributed by atoms with van der Waals surface area (Å²) >= 11 is 8.40. The van der Waals surface area contributed by atoms with Crippen molar-refractivity contribution in [3.8, 4) is 0 Å². The number of thiazole rings is 4. The van der Waals surface area contributed by atoms with Crippen molar-refractivity contribution in [1.82, 2.24) is 74.5 Å². The van der Waals surface area contributed by atoms with E-state index in [1.807, 2.05) is 357 Å². The highest BCUT2D eigenvalue weighted by atomic mass is 32.1. The molecule has 0 aliphatic rings. The van der Waals surface area contributed by atoms with Gasteiger partial charge in [-0.3, -0.25) is 4.68 Å². The predicted molar refractivity (Wildman–Crippen MR) is 508 cm³/mol. The molecule has 13 heterocycles. The van der Waals surface area contributed by atoms with Crippen molar-refractivity contribution < 1.29 is 31.1 Å². The Balaban J connectivity index is -0.0000000879. The van der Waals surface area contributed by atoms with Gasteiger partial charge in [-0.25, -0.2) is 44.9 Å². The van der Waals surface area contributed by atoms with E-state index < -0.39 is 0 Å². The lowest BCUT2D eigenvalue weighted by Crippen LogP contribution is -1.85. The third-order valence-corrected chi connectivity index (χ3v) is 13.6. The van der Waals surface area contributed by atoms with Crippen molar-refractivity contribution in [2.24, 2.45) is 7.05 Å². The molecule has 0 aliphatic heterocycles. The minimum atomic E-state index is 0.734. The van der Waals surface area contributed by atoms with Crippen LogP contribution in [0, 0.1) is 166 Å². The Hall–Kier alpha value is -8.24. The fraction of sp³-hybridized carbons (Fsp3) is 0.573. The SMILES string of the molecule is CC.CC.CC.CC.CC.CC.CC.CC.CC.CC.CC.CC.CC.Cc1cc(C)on1.Cc1cc(C)sn1.Cc1ccno1.Cc1cn(C)nn1.Cc1cnc(C)o1.Cc1cnc(C)o1.Cc1cnc(C)s1.Cc1cnc(C)s1.Cc1coc(C)n1.Cc1coc(C)n1.Cc1coc(C)n1.Cc1csc(C)n1.Cc1csc(C)n1. The highest BCUT2D eigenvalue weighted by Gasteiger charge is 1.94. The van der Waals surface area contributed by atoms with E-state index in [1.54, 1.807) is 105 Å². The highest BCUT2D eigenvalue weighted by molar-refractivity contribution is 7.11. The lowest BCUT2D eigenvalue weighted by molar-refractivity contribution is 0.393. The van der Waals surface area contributed by atoms with Crippen LogP contribution < -0.4 is 0 Å². The Labute approximate surface area is 728 Å². The van der Waals surface area contributed by atoms with Gasteiger partial charge >= 0.3 is 0 Å². The molecular weight excluding hydrogens is 1550 g/mol. The van der Waals surface area contributed by atoms with E-state index in [0.717, 1.165) is 118 Å². The molecule has 0 unspecified atom stereocenters. The summed E-state index contributed by atoms with van der Waals surface area (Å²) in [6, 6.07) is 5.77. The zero-order valence-electron chi connectivity index (χ0n) is 82.7. The maximum Gasteiger partial charge on any atom is 0.191 e. The van der Waals surface area contributed by atoms with E-state index in [4.69, 9.17) is 26.6 Å². The van der Waals surface area contributed by atoms with E-state index in [9.17, 15) is 0 Å². The lowest BCUT2D eigenvalue weighted by atomic mass is 10.4. The fourth-order valence-electron chi connectivity index (χ4n) is 5.95. The third-order valence-electron chi connectivity index (χ3n) is 9.39. The van der Waals surface area contributed by atoms with Crippen molar-refractivity contribution >= 4 is 56.9 Å². The molecule has 0 aromatic carbocycles. The molecule has 116 heavy (non-hydrogen) atoms. The smallest absolute Gasteiger partial charge is 0.191 e. The van der Waals surface area contributed by atoms with Crippen LogP contribution in [0.2, 0.25) is 0 Å². The molecule has 0 N–H and O–H groups in total. The average Bonchev–Trinajstić information content (AvgIpc) is 1.88. The van der Waals surface area contributed by atoms with Gasteiger partial charge in [-0.1, -0.05) is 196 Å². The van der Waals surface area contributed by atoms with Crippen molar-refractivity contribution in [3.05, 3.63) is 218 Å². The molecule has 13 rings (SSSR count). The van der Waals surface area contributed by atoms with Gasteiger partial charge in [0.25, 0.3) is 0 Å². The molecule has 13 aromatic rings. The van der Waals surface area contributed by atoms with Gasteiger partial charge in [-0.2, -0.15) is 4.37 Å². The Kier molecular flexibility index (Phi) is 124. The van der Waals surface area contributed by atoms with Gasteiger partial charge in [0, 0.05) is 109 Å². The van der Waals surface area contributed by atoms with Gasteiger partial charge in [-0.15, -0.1) is 50.4 Å². The van der Waals surface area contributed by atoms with Crippen molar-refractivity contribution in [2.75, 3.05) is 0 Å². The first-order chi connectivity index (χ1) is 55.3. The summed E-state index contributed by atoms with van der Waals surface area (Å²) in [5.41, 5.74) is 8.11. The summed E-state index contributed by atoms with van der Waals surface area (Å²) in [5.74, 6) is 7.14. The number of aromatic nitrogens is 15. The summed E-state index contributed by atoms with van der Waals surface area (Å²) < 4.78 is 39.5. The normalized spacial score (nSPS) is 7.96. The van der Waals surface area contributed by atoms with E-state index in [1.165, 1.54) is 14.6 Å². The van der Waals surface area contributed by atoms with Crippen LogP contribution in [0.25, 0.3) is 0 Å². The Morgan fingerprint density at radius 1 is 0.310 bits per heavy atom. The van der Waals surface area contributed by atoms with Gasteiger partial charge in [0.05, 0.1) is 72.8 Å². The molecule has 0 saturated carbocycles. The Morgan fingerprint density at radius 3 is 0.724 bits per heavy atom. The van der Waals surface area contributed by atoms with Crippen LogP contribution in [0.15, 0.2) is 116 Å². The van der Waals surface area contributed by atoms with Gasteiger partial charge in [0.15, 0.2) is 29.5 Å². The molecule has 0 bridgehead atoms. The predicted octanol–water partition coefficient (Wildman–Crippen LogP) is 31.0. The maximum atomic E-state index is 4.97. The number of oxazole rings is 5. The minimum absolute atomic E-state index is 0.734. The molecule has 670 valence electrons. The van der Waals surface area contributed by atoms with E-state index in [2.05, 4.69) is 112 Å². The highest BCUT2D eigenvalue weighted by Crippen LogP contribution is 2.10. The standard InChI is InChI=1S/6C5H7NO.5C5H7NS.C4H7N3.C4H5NO.13C2H6/c3*1-4-3-7-5(2)6-4;2*1-4-3-6-5(2)7-4;1-4-3-5(2)7-6-4;2*1-4-3-7-5(2)6-4;2*1-4-3-6-5(2)7-4;1-4-3-5(2)7-6-4;1-4-3-7(2)6-5-4;1-4-2-3-5-6-4;13*1-2/h12*3H,1-2H3;2-3H,1H3;13*1-2H3. The first-order valence-electron chi connectivity index (χ1n) is 40.9. The summed E-state index contributed by atoms with van der Waals surface area (Å²) in [6.07, 6.45) is 15.6. The molecule has 0 saturated heterocycles. The van der Waals surface area contributed by atoms with Crippen LogP contribution in [0.5, 0.6) is 0 Å². The summed E-state index contributed by atoms with van der Waals surface area (Å²) in [4.78, 5) is 39.7. The zero-order chi connectivity index (χ0) is 93.7. The molecule has 13 aromatic heterocycles. The number of aryl methyl sites for hydroxylation is 25. The van der Waals surface area contributed by atoms with Crippen molar-refractivity contribution in [2.45, 2.75) is 346 Å². The number of hydrogen-bond acceptors (Lipinski definition) is 26. The average molecular weight is 1720 g/mol. The largest absolute Gasteiger partial charge is 0.449 e. The second-order valence-electron chi connectivity index (χ2n) is 19.3. The number of rotatable bonds is 0. The molecule has 0 fully saturated rings. The summed E-state index contributed by atoms with van der Waals surface area (Å²) in [6.45, 7) is 98.4. The minimum Gasteiger partial charge on any atom is -0.449 e. The second-order valence-corrected chi connectivity index (χ2v) is 25.3.